The number of rotatable bonds is 5. The number of hydrogen-bond acceptors (Lipinski definition) is 7. The SMILES string of the molecule is CC(C)[C@@H]1C(C)N(c2ncc(OCc3ccncc3C#N)cn2)CCN1C(=O)O. The molecule has 1 aliphatic rings. The quantitative estimate of drug-likeness (QED) is 0.820. The second kappa shape index (κ2) is 8.73. The van der Waals surface area contributed by atoms with Gasteiger partial charge in [0.05, 0.1) is 24.0 Å². The Kier molecular flexibility index (Phi) is 6.12. The highest BCUT2D eigenvalue weighted by Crippen LogP contribution is 2.26. The number of carboxylic acid groups (broad SMARTS) is 1. The molecule has 1 unspecified atom stereocenters. The lowest BCUT2D eigenvalue weighted by Crippen LogP contribution is -2.62. The van der Waals surface area contributed by atoms with Crippen LogP contribution in [0.3, 0.4) is 0 Å². The fraction of sp³-hybridized carbons (Fsp3) is 0.450. The summed E-state index contributed by atoms with van der Waals surface area (Å²) in [5.74, 6) is 1.20. The lowest BCUT2D eigenvalue weighted by molar-refractivity contribution is 0.0869. The van der Waals surface area contributed by atoms with Gasteiger partial charge in [0.15, 0.2) is 5.75 Å². The van der Waals surface area contributed by atoms with Crippen LogP contribution in [0.15, 0.2) is 30.9 Å². The number of anilines is 1. The smallest absolute Gasteiger partial charge is 0.407 e. The first-order valence-electron chi connectivity index (χ1n) is 9.46. The molecule has 9 heteroatoms. The standard InChI is InChI=1S/C20H24N6O3/c1-13(2)18-14(3)25(6-7-26(18)20(27)28)19-23-10-17(11-24-19)29-12-15-4-5-22-9-16(15)8-21/h4-5,9-11,13-14,18H,6-7,12H2,1-3H3,(H,27,28)/t14?,18-/m1/s1. The number of hydrogen-bond donors (Lipinski definition) is 1. The summed E-state index contributed by atoms with van der Waals surface area (Å²) in [7, 11) is 0. The first kappa shape index (κ1) is 20.3. The van der Waals surface area contributed by atoms with Crippen LogP contribution in [0.25, 0.3) is 0 Å². The Morgan fingerprint density at radius 2 is 2.07 bits per heavy atom. The minimum absolute atomic E-state index is 0.0541. The van der Waals surface area contributed by atoms with Crippen LogP contribution in [-0.2, 0) is 6.61 Å². The van der Waals surface area contributed by atoms with Crippen LogP contribution < -0.4 is 9.64 Å². The molecule has 1 saturated heterocycles. The molecule has 3 heterocycles. The third-order valence-electron chi connectivity index (χ3n) is 5.15. The summed E-state index contributed by atoms with van der Waals surface area (Å²) in [6.07, 6.45) is 5.41. The van der Waals surface area contributed by atoms with E-state index in [1.54, 1.807) is 24.7 Å². The van der Waals surface area contributed by atoms with Crippen molar-refractivity contribution in [2.75, 3.05) is 18.0 Å². The van der Waals surface area contributed by atoms with Gasteiger partial charge in [-0.15, -0.1) is 0 Å². The molecule has 1 amide bonds. The molecule has 2 aromatic rings. The molecule has 0 saturated carbocycles. The van der Waals surface area contributed by atoms with E-state index in [1.807, 2.05) is 25.7 Å². The summed E-state index contributed by atoms with van der Waals surface area (Å²) in [4.78, 5) is 27.9. The van der Waals surface area contributed by atoms with Gasteiger partial charge in [0.2, 0.25) is 5.95 Å². The minimum Gasteiger partial charge on any atom is -0.486 e. The zero-order valence-electron chi connectivity index (χ0n) is 16.7. The Hall–Kier alpha value is -3.41. The summed E-state index contributed by atoms with van der Waals surface area (Å²) < 4.78 is 5.70. The molecular formula is C20H24N6O3. The third-order valence-corrected chi connectivity index (χ3v) is 5.15. The van der Waals surface area contributed by atoms with Crippen molar-refractivity contribution in [1.82, 2.24) is 19.9 Å². The summed E-state index contributed by atoms with van der Waals surface area (Å²) in [5, 5.41) is 18.6. The van der Waals surface area contributed by atoms with Crippen LogP contribution in [0.5, 0.6) is 5.75 Å². The molecular weight excluding hydrogens is 372 g/mol. The van der Waals surface area contributed by atoms with Gasteiger partial charge in [0.25, 0.3) is 0 Å². The van der Waals surface area contributed by atoms with Crippen molar-refractivity contribution >= 4 is 12.0 Å². The number of amides is 1. The molecule has 3 rings (SSSR count). The molecule has 152 valence electrons. The van der Waals surface area contributed by atoms with Crippen molar-refractivity contribution in [3.8, 4) is 11.8 Å². The Bertz CT molecular complexity index is 896. The molecule has 0 bridgehead atoms. The second-order valence-electron chi connectivity index (χ2n) is 7.30. The highest BCUT2D eigenvalue weighted by atomic mass is 16.5. The molecule has 0 radical (unpaired) electrons. The molecule has 2 atom stereocenters. The Balaban J connectivity index is 1.70. The van der Waals surface area contributed by atoms with Gasteiger partial charge in [-0.2, -0.15) is 5.26 Å². The van der Waals surface area contributed by atoms with Crippen molar-refractivity contribution in [3.63, 3.8) is 0 Å². The predicted octanol–water partition coefficient (Wildman–Crippen LogP) is 2.54. The average molecular weight is 396 g/mol. The molecule has 9 nitrogen and oxygen atoms in total. The van der Waals surface area contributed by atoms with Gasteiger partial charge in [0, 0.05) is 37.1 Å². The molecule has 1 N–H and O–H groups in total. The van der Waals surface area contributed by atoms with Crippen LogP contribution in [-0.4, -0.2) is 56.2 Å². The van der Waals surface area contributed by atoms with Gasteiger partial charge in [-0.3, -0.25) is 4.98 Å². The fourth-order valence-electron chi connectivity index (χ4n) is 3.78. The highest BCUT2D eigenvalue weighted by molar-refractivity contribution is 5.66. The minimum atomic E-state index is -0.896. The summed E-state index contributed by atoms with van der Waals surface area (Å²) in [5.41, 5.74) is 1.21. The predicted molar refractivity (Wildman–Crippen MR) is 105 cm³/mol. The van der Waals surface area contributed by atoms with E-state index < -0.39 is 6.09 Å². The largest absolute Gasteiger partial charge is 0.486 e. The van der Waals surface area contributed by atoms with Crippen molar-refractivity contribution in [2.45, 2.75) is 39.5 Å². The van der Waals surface area contributed by atoms with Gasteiger partial charge < -0.3 is 19.6 Å². The van der Waals surface area contributed by atoms with Gasteiger partial charge in [-0.25, -0.2) is 14.8 Å². The van der Waals surface area contributed by atoms with Crippen LogP contribution in [0, 0.1) is 17.2 Å². The maximum Gasteiger partial charge on any atom is 0.407 e. The first-order valence-corrected chi connectivity index (χ1v) is 9.46. The number of aromatic nitrogens is 3. The normalized spacial score (nSPS) is 19.1. The molecule has 0 aromatic carbocycles. The van der Waals surface area contributed by atoms with Crippen LogP contribution in [0.4, 0.5) is 10.7 Å². The van der Waals surface area contributed by atoms with Crippen molar-refractivity contribution < 1.29 is 14.6 Å². The van der Waals surface area contributed by atoms with E-state index in [0.29, 0.717) is 30.4 Å². The van der Waals surface area contributed by atoms with E-state index in [0.717, 1.165) is 5.56 Å². The highest BCUT2D eigenvalue weighted by Gasteiger charge is 2.39. The topological polar surface area (TPSA) is 115 Å². The lowest BCUT2D eigenvalue weighted by Gasteiger charge is -2.46. The number of ether oxygens (including phenoxy) is 1. The number of nitrogens with zero attached hydrogens (tertiary/aromatic N) is 6. The second-order valence-corrected chi connectivity index (χ2v) is 7.30. The zero-order valence-corrected chi connectivity index (χ0v) is 16.7. The van der Waals surface area contributed by atoms with E-state index in [2.05, 4.69) is 21.0 Å². The van der Waals surface area contributed by atoms with Crippen molar-refractivity contribution in [2.24, 2.45) is 5.92 Å². The van der Waals surface area contributed by atoms with Gasteiger partial charge in [0.1, 0.15) is 12.7 Å². The van der Waals surface area contributed by atoms with E-state index in [-0.39, 0.29) is 24.6 Å². The summed E-state index contributed by atoms with van der Waals surface area (Å²) in [6, 6.07) is 3.63. The van der Waals surface area contributed by atoms with Crippen LogP contribution >= 0.6 is 0 Å². The Labute approximate surface area is 169 Å². The molecule has 0 aliphatic carbocycles. The Morgan fingerprint density at radius 3 is 2.69 bits per heavy atom. The van der Waals surface area contributed by atoms with Crippen molar-refractivity contribution in [1.29, 1.82) is 5.26 Å². The number of piperazine rings is 1. The molecule has 29 heavy (non-hydrogen) atoms. The van der Waals surface area contributed by atoms with E-state index >= 15 is 0 Å². The number of carbonyl (C=O) groups is 1. The molecule has 1 fully saturated rings. The monoisotopic (exact) mass is 396 g/mol. The third kappa shape index (κ3) is 4.37. The van der Waals surface area contributed by atoms with Crippen molar-refractivity contribution in [3.05, 3.63) is 42.0 Å². The van der Waals surface area contributed by atoms with E-state index in [1.165, 1.54) is 11.1 Å². The van der Waals surface area contributed by atoms with Gasteiger partial charge >= 0.3 is 6.09 Å². The summed E-state index contributed by atoms with van der Waals surface area (Å²) in [6.45, 7) is 7.19. The zero-order chi connectivity index (χ0) is 21.0. The van der Waals surface area contributed by atoms with Crippen LogP contribution in [0.1, 0.15) is 31.9 Å². The first-order chi connectivity index (χ1) is 13.9. The lowest BCUT2D eigenvalue weighted by atomic mass is 9.93. The molecule has 1 aliphatic heterocycles. The molecule has 2 aromatic heterocycles. The van der Waals surface area contributed by atoms with Gasteiger partial charge in [-0.1, -0.05) is 13.8 Å². The fourth-order valence-corrected chi connectivity index (χ4v) is 3.78. The van der Waals surface area contributed by atoms with Gasteiger partial charge in [-0.05, 0) is 18.9 Å². The molecule has 0 spiro atoms. The van der Waals surface area contributed by atoms with Crippen LogP contribution in [0.2, 0.25) is 0 Å². The number of pyridine rings is 1. The Morgan fingerprint density at radius 1 is 1.34 bits per heavy atom. The van der Waals surface area contributed by atoms with E-state index in [4.69, 9.17) is 10.00 Å². The maximum absolute atomic E-state index is 11.6. The van der Waals surface area contributed by atoms with E-state index in [9.17, 15) is 9.90 Å². The summed E-state index contributed by atoms with van der Waals surface area (Å²) >= 11 is 0. The number of nitriles is 1. The average Bonchev–Trinajstić information content (AvgIpc) is 2.72. The maximum atomic E-state index is 11.6.